The lowest BCUT2D eigenvalue weighted by atomic mass is 9.97. The molecule has 0 aromatic rings. The maximum atomic E-state index is 11.5. The van der Waals surface area contributed by atoms with Gasteiger partial charge >= 0.3 is 0 Å². The number of nitroso groups, excluding NO2 is 1. The SMILES string of the molecule is CC(CCN1COCC1=O)C1CCC[N+]1=O. The van der Waals surface area contributed by atoms with Gasteiger partial charge in [-0.1, -0.05) is 6.92 Å². The van der Waals surface area contributed by atoms with Gasteiger partial charge in [0.15, 0.2) is 6.54 Å². The van der Waals surface area contributed by atoms with Crippen LogP contribution in [0.3, 0.4) is 0 Å². The van der Waals surface area contributed by atoms with Gasteiger partial charge < -0.3 is 9.64 Å². The lowest BCUT2D eigenvalue weighted by Gasteiger charge is -2.17. The molecule has 5 nitrogen and oxygen atoms in total. The fraction of sp³-hybridized carbons (Fsp3) is 0.909. The zero-order valence-electron chi connectivity index (χ0n) is 9.72. The molecule has 2 unspecified atom stereocenters. The average molecular weight is 227 g/mol. The first kappa shape index (κ1) is 11.5. The van der Waals surface area contributed by atoms with E-state index >= 15 is 0 Å². The minimum absolute atomic E-state index is 0.0672. The van der Waals surface area contributed by atoms with E-state index in [1.807, 2.05) is 0 Å². The topological polar surface area (TPSA) is 49.6 Å². The molecular formula is C11H19N2O3+. The second-order valence-corrected chi connectivity index (χ2v) is 4.75. The van der Waals surface area contributed by atoms with Crippen molar-refractivity contribution in [2.75, 3.05) is 26.4 Å². The van der Waals surface area contributed by atoms with Crippen molar-refractivity contribution in [3.05, 3.63) is 4.91 Å². The number of hydrogen-bond donors (Lipinski definition) is 0. The van der Waals surface area contributed by atoms with Gasteiger partial charge in [0.2, 0.25) is 11.9 Å². The van der Waals surface area contributed by atoms with E-state index in [1.165, 1.54) is 4.76 Å². The number of rotatable bonds is 4. The molecule has 0 aliphatic carbocycles. The molecule has 2 saturated heterocycles. The number of carbonyl (C=O) groups excluding carboxylic acids is 1. The summed E-state index contributed by atoms with van der Waals surface area (Å²) in [6, 6.07) is 0.152. The zero-order chi connectivity index (χ0) is 11.5. The molecule has 2 atom stereocenters. The molecule has 5 heteroatoms. The highest BCUT2D eigenvalue weighted by atomic mass is 16.5. The van der Waals surface area contributed by atoms with Gasteiger partial charge in [-0.15, -0.1) is 0 Å². The molecule has 2 fully saturated rings. The maximum absolute atomic E-state index is 11.5. The molecule has 0 aromatic heterocycles. The van der Waals surface area contributed by atoms with Gasteiger partial charge in [-0.3, -0.25) is 4.79 Å². The number of ether oxygens (including phenoxy) is 1. The Kier molecular flexibility index (Phi) is 3.53. The predicted molar refractivity (Wildman–Crippen MR) is 57.8 cm³/mol. The van der Waals surface area contributed by atoms with Crippen molar-refractivity contribution in [1.82, 2.24) is 4.90 Å². The van der Waals surface area contributed by atoms with E-state index in [4.69, 9.17) is 4.74 Å². The Morgan fingerprint density at radius 3 is 3.00 bits per heavy atom. The molecular weight excluding hydrogens is 208 g/mol. The predicted octanol–water partition coefficient (Wildman–Crippen LogP) is 0.770. The Bertz CT molecular complexity index is 293. The van der Waals surface area contributed by atoms with Gasteiger partial charge in [-0.05, 0) is 6.42 Å². The summed E-state index contributed by atoms with van der Waals surface area (Å²) >= 11 is 0. The summed E-state index contributed by atoms with van der Waals surface area (Å²) in [5.41, 5.74) is 0. The van der Waals surface area contributed by atoms with Crippen LogP contribution in [0.1, 0.15) is 26.2 Å². The zero-order valence-corrected chi connectivity index (χ0v) is 9.72. The number of carbonyl (C=O) groups is 1. The Morgan fingerprint density at radius 2 is 2.44 bits per heavy atom. The first-order valence-electron chi connectivity index (χ1n) is 5.98. The average Bonchev–Trinajstić information content (AvgIpc) is 2.84. The molecule has 2 heterocycles. The van der Waals surface area contributed by atoms with Crippen molar-refractivity contribution in [2.45, 2.75) is 32.2 Å². The third kappa shape index (κ3) is 2.40. The van der Waals surface area contributed by atoms with Crippen LogP contribution in [0.4, 0.5) is 0 Å². The fourth-order valence-corrected chi connectivity index (χ4v) is 2.48. The van der Waals surface area contributed by atoms with Crippen LogP contribution in [-0.2, 0) is 9.53 Å². The van der Waals surface area contributed by atoms with Crippen LogP contribution in [0.25, 0.3) is 0 Å². The minimum atomic E-state index is 0.0672. The highest BCUT2D eigenvalue weighted by molar-refractivity contribution is 5.78. The first-order chi connectivity index (χ1) is 7.68. The minimum Gasteiger partial charge on any atom is -0.351 e. The molecule has 0 N–H and O–H groups in total. The molecule has 0 saturated carbocycles. The molecule has 2 rings (SSSR count). The highest BCUT2D eigenvalue weighted by Crippen LogP contribution is 2.22. The molecule has 0 bridgehead atoms. The van der Waals surface area contributed by atoms with Crippen LogP contribution in [0.2, 0.25) is 0 Å². The first-order valence-corrected chi connectivity index (χ1v) is 5.98. The van der Waals surface area contributed by atoms with Crippen LogP contribution in [0.15, 0.2) is 0 Å². The van der Waals surface area contributed by atoms with E-state index in [1.54, 1.807) is 4.90 Å². The Labute approximate surface area is 95.3 Å². The summed E-state index contributed by atoms with van der Waals surface area (Å²) in [6.45, 7) is 4.11. The van der Waals surface area contributed by atoms with E-state index in [0.717, 1.165) is 19.3 Å². The van der Waals surface area contributed by atoms with Gasteiger partial charge in [-0.25, -0.2) is 0 Å². The fourth-order valence-electron chi connectivity index (χ4n) is 2.48. The summed E-state index contributed by atoms with van der Waals surface area (Å²) in [5, 5.41) is 0. The van der Waals surface area contributed by atoms with Crippen LogP contribution >= 0.6 is 0 Å². The van der Waals surface area contributed by atoms with Gasteiger partial charge in [0.1, 0.15) is 13.3 Å². The van der Waals surface area contributed by atoms with Crippen LogP contribution in [0, 0.1) is 10.8 Å². The van der Waals surface area contributed by atoms with Crippen molar-refractivity contribution >= 4 is 5.91 Å². The quantitative estimate of drug-likeness (QED) is 0.666. The smallest absolute Gasteiger partial charge is 0.250 e. The van der Waals surface area contributed by atoms with Gasteiger partial charge in [0.25, 0.3) is 0 Å². The van der Waals surface area contributed by atoms with Crippen molar-refractivity contribution in [2.24, 2.45) is 5.92 Å². The maximum Gasteiger partial charge on any atom is 0.250 e. The summed E-state index contributed by atoms with van der Waals surface area (Å²) in [5.74, 6) is 0.422. The molecule has 0 spiro atoms. The highest BCUT2D eigenvalue weighted by Gasteiger charge is 2.36. The number of hydrogen-bond acceptors (Lipinski definition) is 3. The Hall–Kier alpha value is -0.970. The Balaban J connectivity index is 1.76. The lowest BCUT2D eigenvalue weighted by molar-refractivity contribution is -0.572. The van der Waals surface area contributed by atoms with Crippen molar-refractivity contribution < 1.29 is 14.3 Å². The van der Waals surface area contributed by atoms with E-state index in [0.29, 0.717) is 25.7 Å². The summed E-state index contributed by atoms with van der Waals surface area (Å²) in [4.78, 5) is 24.5. The normalized spacial score (nSPS) is 27.8. The lowest BCUT2D eigenvalue weighted by Crippen LogP contribution is -2.31. The monoisotopic (exact) mass is 227 g/mol. The van der Waals surface area contributed by atoms with Gasteiger partial charge in [0.05, 0.1) is 0 Å². The van der Waals surface area contributed by atoms with Gasteiger partial charge in [-0.2, -0.15) is 0 Å². The van der Waals surface area contributed by atoms with Crippen LogP contribution < -0.4 is 0 Å². The van der Waals surface area contributed by atoms with Crippen LogP contribution in [-0.4, -0.2) is 48.0 Å². The molecule has 0 radical (unpaired) electrons. The number of nitrogens with zero attached hydrogens (tertiary/aromatic N) is 2. The van der Waals surface area contributed by atoms with E-state index in [-0.39, 0.29) is 18.6 Å². The van der Waals surface area contributed by atoms with E-state index in [9.17, 15) is 9.70 Å². The van der Waals surface area contributed by atoms with E-state index in [2.05, 4.69) is 6.92 Å². The van der Waals surface area contributed by atoms with Crippen molar-refractivity contribution in [1.29, 1.82) is 0 Å². The Morgan fingerprint density at radius 1 is 1.62 bits per heavy atom. The van der Waals surface area contributed by atoms with Crippen molar-refractivity contribution in [3.63, 3.8) is 0 Å². The van der Waals surface area contributed by atoms with Gasteiger partial charge in [0, 0.05) is 35.0 Å². The summed E-state index contributed by atoms with van der Waals surface area (Å²) in [7, 11) is 0. The third-order valence-corrected chi connectivity index (χ3v) is 3.58. The molecule has 1 amide bonds. The molecule has 90 valence electrons. The summed E-state index contributed by atoms with van der Waals surface area (Å²) < 4.78 is 6.25. The molecule has 2 aliphatic heterocycles. The molecule has 16 heavy (non-hydrogen) atoms. The second kappa shape index (κ2) is 4.91. The third-order valence-electron chi connectivity index (χ3n) is 3.58. The second-order valence-electron chi connectivity index (χ2n) is 4.75. The largest absolute Gasteiger partial charge is 0.351 e. The molecule has 2 aliphatic rings. The van der Waals surface area contributed by atoms with Crippen LogP contribution in [0.5, 0.6) is 0 Å². The summed E-state index contributed by atoms with van der Waals surface area (Å²) in [6.07, 6.45) is 2.89. The van der Waals surface area contributed by atoms with E-state index < -0.39 is 0 Å². The standard InChI is InChI=1S/C11H19N2O3/c1-9(10-3-2-5-13(10)15)4-6-12-8-16-7-11(12)14/h9-10H,2-8H2,1H3/q+1. The molecule has 0 aromatic carbocycles. The van der Waals surface area contributed by atoms with Crippen molar-refractivity contribution in [3.8, 4) is 0 Å². The number of amides is 1.